The molecule has 0 heterocycles. The maximum atomic E-state index is 13.0. The molecule has 0 fully saturated rings. The van der Waals surface area contributed by atoms with Crippen molar-refractivity contribution >= 4 is 15.9 Å². The first-order valence-electron chi connectivity index (χ1n) is 5.40. The zero-order valence-electron chi connectivity index (χ0n) is 9.82. The number of ether oxygens (including phenoxy) is 2. The van der Waals surface area contributed by atoms with Crippen LogP contribution in [-0.4, -0.2) is 7.11 Å². The number of methoxy groups -OCH3 is 1. The van der Waals surface area contributed by atoms with Crippen LogP contribution in [0.1, 0.15) is 5.56 Å². The maximum absolute atomic E-state index is 13.0. The smallest absolute Gasteiger partial charge is 0.133 e. The topological polar surface area (TPSA) is 18.5 Å². The van der Waals surface area contributed by atoms with Crippen LogP contribution in [0.2, 0.25) is 0 Å². The summed E-state index contributed by atoms with van der Waals surface area (Å²) in [7, 11) is 1.61. The van der Waals surface area contributed by atoms with Crippen LogP contribution in [0.4, 0.5) is 4.39 Å². The largest absolute Gasteiger partial charge is 0.496 e. The van der Waals surface area contributed by atoms with Crippen molar-refractivity contribution in [3.8, 4) is 11.5 Å². The average molecular weight is 311 g/mol. The molecule has 0 amide bonds. The third-order valence-electron chi connectivity index (χ3n) is 2.42. The van der Waals surface area contributed by atoms with Gasteiger partial charge in [0.1, 0.15) is 23.9 Å². The highest BCUT2D eigenvalue weighted by Crippen LogP contribution is 2.26. The van der Waals surface area contributed by atoms with Gasteiger partial charge in [0.25, 0.3) is 0 Å². The fraction of sp³-hybridized carbons (Fsp3) is 0.143. The fourth-order valence-electron chi connectivity index (χ4n) is 1.52. The van der Waals surface area contributed by atoms with Gasteiger partial charge in [0.05, 0.1) is 11.6 Å². The Morgan fingerprint density at radius 1 is 1.17 bits per heavy atom. The lowest BCUT2D eigenvalue weighted by molar-refractivity contribution is 0.304. The zero-order valence-corrected chi connectivity index (χ0v) is 11.4. The minimum atomic E-state index is -0.302. The van der Waals surface area contributed by atoms with Crippen LogP contribution in [0.5, 0.6) is 11.5 Å². The van der Waals surface area contributed by atoms with E-state index in [9.17, 15) is 4.39 Å². The molecule has 0 saturated carbocycles. The summed E-state index contributed by atoms with van der Waals surface area (Å²) in [5.41, 5.74) is 0.979. The number of halogens is 2. The highest BCUT2D eigenvalue weighted by atomic mass is 79.9. The van der Waals surface area contributed by atoms with Crippen molar-refractivity contribution in [3.05, 3.63) is 58.3 Å². The average Bonchev–Trinajstić information content (AvgIpc) is 2.37. The fourth-order valence-corrected chi connectivity index (χ4v) is 2.11. The number of hydrogen-bond donors (Lipinski definition) is 0. The normalized spacial score (nSPS) is 10.2. The Bertz CT molecular complexity index is 543. The van der Waals surface area contributed by atoms with Gasteiger partial charge in [-0.05, 0) is 45.8 Å². The van der Waals surface area contributed by atoms with Gasteiger partial charge >= 0.3 is 0 Å². The molecule has 0 aliphatic heterocycles. The molecule has 0 aliphatic rings. The van der Waals surface area contributed by atoms with Crippen LogP contribution in [0.15, 0.2) is 46.9 Å². The molecular formula is C14H12BrFO2. The van der Waals surface area contributed by atoms with E-state index in [1.807, 2.05) is 18.2 Å². The second-order valence-electron chi connectivity index (χ2n) is 3.71. The highest BCUT2D eigenvalue weighted by Gasteiger charge is 2.02. The molecule has 2 rings (SSSR count). The van der Waals surface area contributed by atoms with Crippen LogP contribution in [-0.2, 0) is 6.61 Å². The van der Waals surface area contributed by atoms with Gasteiger partial charge in [-0.1, -0.05) is 12.1 Å². The third kappa shape index (κ3) is 3.23. The Kier molecular flexibility index (Phi) is 4.20. The molecule has 0 radical (unpaired) electrons. The second-order valence-corrected chi connectivity index (χ2v) is 4.57. The van der Waals surface area contributed by atoms with E-state index in [0.717, 1.165) is 15.8 Å². The number of rotatable bonds is 4. The molecule has 0 atom stereocenters. The van der Waals surface area contributed by atoms with E-state index >= 15 is 0 Å². The Labute approximate surface area is 113 Å². The quantitative estimate of drug-likeness (QED) is 0.843. The molecule has 2 aromatic rings. The maximum Gasteiger partial charge on any atom is 0.133 e. The zero-order chi connectivity index (χ0) is 13.0. The van der Waals surface area contributed by atoms with Gasteiger partial charge in [0.15, 0.2) is 0 Å². The number of benzene rings is 2. The molecule has 0 aromatic heterocycles. The van der Waals surface area contributed by atoms with Gasteiger partial charge in [-0.15, -0.1) is 0 Å². The molecule has 0 bridgehead atoms. The monoisotopic (exact) mass is 310 g/mol. The molecule has 2 nitrogen and oxygen atoms in total. The van der Waals surface area contributed by atoms with Gasteiger partial charge < -0.3 is 9.47 Å². The van der Waals surface area contributed by atoms with Gasteiger partial charge in [0, 0.05) is 6.07 Å². The first kappa shape index (κ1) is 12.9. The summed E-state index contributed by atoms with van der Waals surface area (Å²) >= 11 is 3.40. The standard InChI is InChI=1S/C14H12BrFO2/c1-17-14-6-5-10(7-13(14)15)9-18-12-4-2-3-11(16)8-12/h2-8H,9H2,1H3. The van der Waals surface area contributed by atoms with Crippen molar-refractivity contribution in [2.24, 2.45) is 0 Å². The second kappa shape index (κ2) is 5.87. The van der Waals surface area contributed by atoms with Crippen LogP contribution in [0.25, 0.3) is 0 Å². The SMILES string of the molecule is COc1ccc(COc2cccc(F)c2)cc1Br. The summed E-state index contributed by atoms with van der Waals surface area (Å²) in [5.74, 6) is 0.981. The van der Waals surface area contributed by atoms with Gasteiger partial charge in [-0.2, -0.15) is 0 Å². The predicted molar refractivity (Wildman–Crippen MR) is 71.4 cm³/mol. The first-order valence-corrected chi connectivity index (χ1v) is 6.19. The third-order valence-corrected chi connectivity index (χ3v) is 3.04. The van der Waals surface area contributed by atoms with Crippen molar-refractivity contribution in [3.63, 3.8) is 0 Å². The lowest BCUT2D eigenvalue weighted by atomic mass is 10.2. The molecule has 0 unspecified atom stereocenters. The molecule has 0 saturated heterocycles. The first-order chi connectivity index (χ1) is 8.69. The predicted octanol–water partition coefficient (Wildman–Crippen LogP) is 4.18. The molecule has 94 valence electrons. The minimum Gasteiger partial charge on any atom is -0.496 e. The van der Waals surface area contributed by atoms with Crippen LogP contribution >= 0.6 is 15.9 Å². The molecule has 0 aliphatic carbocycles. The molecule has 2 aromatic carbocycles. The lowest BCUT2D eigenvalue weighted by Gasteiger charge is -2.08. The highest BCUT2D eigenvalue weighted by molar-refractivity contribution is 9.10. The van der Waals surface area contributed by atoms with Crippen molar-refractivity contribution in [2.45, 2.75) is 6.61 Å². The molecular weight excluding hydrogens is 299 g/mol. The van der Waals surface area contributed by atoms with Crippen LogP contribution < -0.4 is 9.47 Å². The van der Waals surface area contributed by atoms with E-state index in [-0.39, 0.29) is 5.82 Å². The van der Waals surface area contributed by atoms with E-state index in [1.54, 1.807) is 19.2 Å². The van der Waals surface area contributed by atoms with E-state index < -0.39 is 0 Å². The van der Waals surface area contributed by atoms with Crippen molar-refractivity contribution < 1.29 is 13.9 Å². The Balaban J connectivity index is 2.04. The molecule has 4 heteroatoms. The van der Waals surface area contributed by atoms with Gasteiger partial charge in [0.2, 0.25) is 0 Å². The summed E-state index contributed by atoms with van der Waals surface area (Å²) in [6.07, 6.45) is 0. The summed E-state index contributed by atoms with van der Waals surface area (Å²) in [6, 6.07) is 11.8. The van der Waals surface area contributed by atoms with Crippen molar-refractivity contribution in [1.82, 2.24) is 0 Å². The lowest BCUT2D eigenvalue weighted by Crippen LogP contribution is -1.96. The Hall–Kier alpha value is -1.55. The van der Waals surface area contributed by atoms with Crippen LogP contribution in [0, 0.1) is 5.82 Å². The van der Waals surface area contributed by atoms with Gasteiger partial charge in [-0.25, -0.2) is 4.39 Å². The summed E-state index contributed by atoms with van der Waals surface area (Å²) in [4.78, 5) is 0. The molecule has 18 heavy (non-hydrogen) atoms. The van der Waals surface area contributed by atoms with Crippen molar-refractivity contribution in [1.29, 1.82) is 0 Å². The van der Waals surface area contributed by atoms with Crippen LogP contribution in [0.3, 0.4) is 0 Å². The van der Waals surface area contributed by atoms with E-state index in [2.05, 4.69) is 15.9 Å². The minimum absolute atomic E-state index is 0.302. The van der Waals surface area contributed by atoms with Gasteiger partial charge in [-0.3, -0.25) is 0 Å². The summed E-state index contributed by atoms with van der Waals surface area (Å²) in [6.45, 7) is 0.381. The Morgan fingerprint density at radius 2 is 2.00 bits per heavy atom. The summed E-state index contributed by atoms with van der Waals surface area (Å²) < 4.78 is 24.5. The number of hydrogen-bond acceptors (Lipinski definition) is 2. The van der Waals surface area contributed by atoms with E-state index in [4.69, 9.17) is 9.47 Å². The molecule has 0 spiro atoms. The molecule has 0 N–H and O–H groups in total. The van der Waals surface area contributed by atoms with E-state index in [0.29, 0.717) is 12.4 Å². The summed E-state index contributed by atoms with van der Waals surface area (Å²) in [5, 5.41) is 0. The van der Waals surface area contributed by atoms with E-state index in [1.165, 1.54) is 12.1 Å². The van der Waals surface area contributed by atoms with Crippen molar-refractivity contribution in [2.75, 3.05) is 7.11 Å². The Morgan fingerprint density at radius 3 is 2.67 bits per heavy atom.